The highest BCUT2D eigenvalue weighted by Gasteiger charge is 2.40. The van der Waals surface area contributed by atoms with Crippen LogP contribution in [0.25, 0.3) is 0 Å². The number of hydrogen-bond donors (Lipinski definition) is 2. The quantitative estimate of drug-likeness (QED) is 0.801. The number of hydrogen-bond acceptors (Lipinski definition) is 3. The molecule has 1 saturated carbocycles. The van der Waals surface area contributed by atoms with Crippen molar-refractivity contribution >= 4 is 11.6 Å². The van der Waals surface area contributed by atoms with Crippen molar-refractivity contribution in [2.45, 2.75) is 39.2 Å². The summed E-state index contributed by atoms with van der Waals surface area (Å²) >= 11 is 6.01. The summed E-state index contributed by atoms with van der Waals surface area (Å²) in [5, 5.41) is 14.1. The summed E-state index contributed by atoms with van der Waals surface area (Å²) in [5.74, 6) is 0.610. The number of aromatic hydroxyl groups is 1. The van der Waals surface area contributed by atoms with Crippen molar-refractivity contribution < 1.29 is 9.84 Å². The number of rotatable bonds is 7. The maximum atomic E-state index is 10.0. The van der Waals surface area contributed by atoms with Gasteiger partial charge >= 0.3 is 0 Å². The molecule has 0 spiro atoms. The molecule has 2 N–H and O–H groups in total. The predicted octanol–water partition coefficient (Wildman–Crippen LogP) is 3.72. The van der Waals surface area contributed by atoms with Crippen LogP contribution in [0.3, 0.4) is 0 Å². The number of halogens is 1. The van der Waals surface area contributed by atoms with E-state index in [4.69, 9.17) is 16.3 Å². The van der Waals surface area contributed by atoms with Gasteiger partial charge in [-0.05, 0) is 30.7 Å². The molecular formula is C15H22ClNO2. The van der Waals surface area contributed by atoms with Crippen molar-refractivity contribution in [3.8, 4) is 11.5 Å². The van der Waals surface area contributed by atoms with Crippen LogP contribution in [0.1, 0.15) is 38.2 Å². The zero-order valence-corrected chi connectivity index (χ0v) is 12.4. The minimum atomic E-state index is 0.180. The highest BCUT2D eigenvalue weighted by Crippen LogP contribution is 2.49. The second kappa shape index (κ2) is 6.02. The molecule has 19 heavy (non-hydrogen) atoms. The second-order valence-electron chi connectivity index (χ2n) is 5.47. The molecule has 106 valence electrons. The fourth-order valence-corrected chi connectivity index (χ4v) is 2.83. The number of ether oxygens (including phenoxy) is 1. The van der Waals surface area contributed by atoms with E-state index in [9.17, 15) is 5.11 Å². The topological polar surface area (TPSA) is 41.5 Å². The van der Waals surface area contributed by atoms with E-state index in [1.54, 1.807) is 12.1 Å². The maximum absolute atomic E-state index is 10.0. The van der Waals surface area contributed by atoms with E-state index in [-0.39, 0.29) is 5.75 Å². The van der Waals surface area contributed by atoms with Crippen LogP contribution in [0.5, 0.6) is 11.5 Å². The molecule has 3 nitrogen and oxygen atoms in total. The number of phenolic OH excluding ortho intramolecular Hbond substituents is 1. The smallest absolute Gasteiger partial charge is 0.162 e. The van der Waals surface area contributed by atoms with Crippen LogP contribution in [0.4, 0.5) is 0 Å². The summed E-state index contributed by atoms with van der Waals surface area (Å²) in [6, 6.07) is 3.41. The molecule has 0 unspecified atom stereocenters. The van der Waals surface area contributed by atoms with E-state index in [0.29, 0.717) is 22.7 Å². The Hall–Kier alpha value is -0.930. The summed E-state index contributed by atoms with van der Waals surface area (Å²) in [6.45, 7) is 3.86. The van der Waals surface area contributed by atoms with E-state index < -0.39 is 0 Å². The molecule has 0 bridgehead atoms. The van der Waals surface area contributed by atoms with Crippen molar-refractivity contribution in [2.75, 3.05) is 13.7 Å². The Balaban J connectivity index is 1.94. The molecule has 0 saturated heterocycles. The fraction of sp³-hybridized carbons (Fsp3) is 0.600. The number of phenols is 1. The minimum Gasteiger partial charge on any atom is -0.504 e. The third-order valence-electron chi connectivity index (χ3n) is 3.89. The van der Waals surface area contributed by atoms with E-state index in [0.717, 1.165) is 12.1 Å². The molecule has 1 aliphatic rings. The molecule has 1 aromatic carbocycles. The van der Waals surface area contributed by atoms with E-state index in [2.05, 4.69) is 12.2 Å². The second-order valence-corrected chi connectivity index (χ2v) is 5.91. The third kappa shape index (κ3) is 3.54. The van der Waals surface area contributed by atoms with Crippen molar-refractivity contribution in [1.82, 2.24) is 5.32 Å². The lowest BCUT2D eigenvalue weighted by molar-refractivity contribution is 0.367. The molecule has 2 rings (SSSR count). The van der Waals surface area contributed by atoms with Gasteiger partial charge in [0.25, 0.3) is 0 Å². The van der Waals surface area contributed by atoms with Crippen LogP contribution in [0, 0.1) is 5.41 Å². The molecule has 0 aliphatic heterocycles. The van der Waals surface area contributed by atoms with Crippen LogP contribution in [0.2, 0.25) is 5.02 Å². The van der Waals surface area contributed by atoms with Crippen molar-refractivity contribution in [3.63, 3.8) is 0 Å². The first-order valence-electron chi connectivity index (χ1n) is 6.86. The van der Waals surface area contributed by atoms with Gasteiger partial charge in [-0.25, -0.2) is 0 Å². The number of benzene rings is 1. The lowest BCUT2D eigenvalue weighted by Crippen LogP contribution is -2.23. The Bertz CT molecular complexity index is 444. The Labute approximate surface area is 119 Å². The first kappa shape index (κ1) is 14.5. The zero-order chi connectivity index (χ0) is 13.9. The average Bonchev–Trinajstić information content (AvgIpc) is 3.13. The highest BCUT2D eigenvalue weighted by molar-refractivity contribution is 6.30. The first-order valence-corrected chi connectivity index (χ1v) is 7.24. The first-order chi connectivity index (χ1) is 9.10. The molecule has 0 amide bonds. The van der Waals surface area contributed by atoms with Crippen molar-refractivity contribution in [2.24, 2.45) is 5.41 Å². The maximum Gasteiger partial charge on any atom is 0.162 e. The van der Waals surface area contributed by atoms with E-state index in [1.807, 2.05) is 0 Å². The monoisotopic (exact) mass is 283 g/mol. The van der Waals surface area contributed by atoms with Crippen LogP contribution in [0.15, 0.2) is 12.1 Å². The third-order valence-corrected chi connectivity index (χ3v) is 4.11. The fourth-order valence-electron chi connectivity index (χ4n) is 2.60. The van der Waals surface area contributed by atoms with Gasteiger partial charge in [-0.15, -0.1) is 0 Å². The molecule has 1 aliphatic carbocycles. The van der Waals surface area contributed by atoms with Gasteiger partial charge in [0.15, 0.2) is 11.5 Å². The van der Waals surface area contributed by atoms with E-state index >= 15 is 0 Å². The zero-order valence-electron chi connectivity index (χ0n) is 11.6. The number of nitrogens with one attached hydrogen (secondary N) is 1. The molecule has 0 radical (unpaired) electrons. The van der Waals surface area contributed by atoms with Gasteiger partial charge in [0.2, 0.25) is 0 Å². The van der Waals surface area contributed by atoms with Gasteiger partial charge in [-0.1, -0.05) is 24.9 Å². The highest BCUT2D eigenvalue weighted by atomic mass is 35.5. The Morgan fingerprint density at radius 2 is 2.16 bits per heavy atom. The molecule has 1 aromatic rings. The summed E-state index contributed by atoms with van der Waals surface area (Å²) in [6.07, 6.45) is 5.15. The summed E-state index contributed by atoms with van der Waals surface area (Å²) < 4.78 is 5.10. The lowest BCUT2D eigenvalue weighted by atomic mass is 10.0. The van der Waals surface area contributed by atoms with Crippen LogP contribution >= 0.6 is 11.6 Å². The predicted molar refractivity (Wildman–Crippen MR) is 78.0 cm³/mol. The molecule has 1 fully saturated rings. The van der Waals surface area contributed by atoms with Gasteiger partial charge < -0.3 is 15.2 Å². The lowest BCUT2D eigenvalue weighted by Gasteiger charge is -2.16. The number of methoxy groups -OCH3 is 1. The van der Waals surface area contributed by atoms with Crippen LogP contribution in [-0.4, -0.2) is 18.8 Å². The Morgan fingerprint density at radius 1 is 1.42 bits per heavy atom. The molecule has 0 aromatic heterocycles. The SMILES string of the molecule is CCCC1(CNCc2cc(Cl)cc(OC)c2O)CC1. The van der Waals surface area contributed by atoms with Crippen LogP contribution in [-0.2, 0) is 6.54 Å². The average molecular weight is 284 g/mol. The van der Waals surface area contributed by atoms with Crippen molar-refractivity contribution in [3.05, 3.63) is 22.7 Å². The molecular weight excluding hydrogens is 262 g/mol. The molecule has 4 heteroatoms. The summed E-state index contributed by atoms with van der Waals surface area (Å²) in [5.41, 5.74) is 1.30. The van der Waals surface area contributed by atoms with Gasteiger partial charge in [0.05, 0.1) is 7.11 Å². The Kier molecular flexibility index (Phi) is 4.58. The van der Waals surface area contributed by atoms with E-state index in [1.165, 1.54) is 32.8 Å². The largest absolute Gasteiger partial charge is 0.504 e. The van der Waals surface area contributed by atoms with Gasteiger partial charge in [0, 0.05) is 29.7 Å². The van der Waals surface area contributed by atoms with Crippen LogP contribution < -0.4 is 10.1 Å². The Morgan fingerprint density at radius 3 is 2.74 bits per heavy atom. The molecule has 0 atom stereocenters. The normalized spacial score (nSPS) is 16.4. The summed E-state index contributed by atoms with van der Waals surface area (Å²) in [7, 11) is 1.53. The van der Waals surface area contributed by atoms with Gasteiger partial charge in [-0.3, -0.25) is 0 Å². The molecule has 0 heterocycles. The standard InChI is InChI=1S/C15H22ClNO2/c1-3-4-15(5-6-15)10-17-9-11-7-12(16)8-13(19-2)14(11)18/h7-8,17-18H,3-6,9-10H2,1-2H3. The van der Waals surface area contributed by atoms with Gasteiger partial charge in [0.1, 0.15) is 0 Å². The minimum absolute atomic E-state index is 0.180. The summed E-state index contributed by atoms with van der Waals surface area (Å²) in [4.78, 5) is 0. The van der Waals surface area contributed by atoms with Crippen molar-refractivity contribution in [1.29, 1.82) is 0 Å². The van der Waals surface area contributed by atoms with Gasteiger partial charge in [-0.2, -0.15) is 0 Å².